The van der Waals surface area contributed by atoms with E-state index in [1.54, 1.807) is 31.1 Å². The number of hydrogen-bond acceptors (Lipinski definition) is 3. The third kappa shape index (κ3) is 7.60. The van der Waals surface area contributed by atoms with E-state index in [1.807, 2.05) is 0 Å². The van der Waals surface area contributed by atoms with Crippen molar-refractivity contribution in [3.05, 3.63) is 29.8 Å². The summed E-state index contributed by atoms with van der Waals surface area (Å²) in [5.41, 5.74) is 1.45. The van der Waals surface area contributed by atoms with Crippen molar-refractivity contribution in [3.63, 3.8) is 0 Å². The van der Waals surface area contributed by atoms with Crippen molar-refractivity contribution in [2.24, 2.45) is 11.3 Å². The van der Waals surface area contributed by atoms with Gasteiger partial charge in [0.05, 0.1) is 0 Å². The van der Waals surface area contributed by atoms with Crippen molar-refractivity contribution in [3.8, 4) is 0 Å². The highest BCUT2D eigenvalue weighted by molar-refractivity contribution is 6.64. The van der Waals surface area contributed by atoms with Crippen LogP contribution in [0.25, 0.3) is 0 Å². The Morgan fingerprint density at radius 1 is 1.12 bits per heavy atom. The van der Waals surface area contributed by atoms with Crippen molar-refractivity contribution in [2.75, 3.05) is 13.1 Å². The van der Waals surface area contributed by atoms with Gasteiger partial charge in [-0.3, -0.25) is 9.59 Å². The van der Waals surface area contributed by atoms with E-state index in [-0.39, 0.29) is 17.2 Å². The van der Waals surface area contributed by atoms with E-state index in [9.17, 15) is 14.6 Å². The predicted octanol–water partition coefficient (Wildman–Crippen LogP) is 2.21. The zero-order valence-corrected chi connectivity index (χ0v) is 16.8. The maximum Gasteiger partial charge on any atom is 0.320 e. The minimum absolute atomic E-state index is 0.0683. The van der Waals surface area contributed by atoms with Gasteiger partial charge in [-0.05, 0) is 41.8 Å². The molecule has 0 heterocycles. The van der Waals surface area contributed by atoms with Gasteiger partial charge in [0, 0.05) is 25.1 Å². The SMILES string of the molecule is CB(O)c1ccc(C(=O)NCCCCC(=O)NCC(C)(C)C(C)C)cc1. The monoisotopic (exact) mass is 360 g/mol. The van der Waals surface area contributed by atoms with Gasteiger partial charge in [0.25, 0.3) is 5.91 Å². The highest BCUT2D eigenvalue weighted by Crippen LogP contribution is 2.24. The fraction of sp³-hybridized carbons (Fsp3) is 0.600. The molecule has 3 N–H and O–H groups in total. The largest absolute Gasteiger partial charge is 0.447 e. The number of unbranched alkanes of at least 4 members (excludes halogenated alkanes) is 1. The molecule has 0 bridgehead atoms. The van der Waals surface area contributed by atoms with Gasteiger partial charge in [-0.15, -0.1) is 0 Å². The molecule has 1 rings (SSSR count). The van der Waals surface area contributed by atoms with Crippen molar-refractivity contribution in [1.29, 1.82) is 0 Å². The highest BCUT2D eigenvalue weighted by atomic mass is 16.2. The van der Waals surface area contributed by atoms with Gasteiger partial charge in [0.2, 0.25) is 5.91 Å². The molecule has 6 heteroatoms. The van der Waals surface area contributed by atoms with Crippen molar-refractivity contribution >= 4 is 24.2 Å². The van der Waals surface area contributed by atoms with E-state index in [0.717, 1.165) is 18.3 Å². The standard InChI is InChI=1S/C20H33BN2O3/c1-15(2)20(3,4)14-23-18(24)8-6-7-13-22-19(25)16-9-11-17(12-10-16)21(5)26/h9-12,15,26H,6-8,13-14H2,1-5H3,(H,22,25)(H,23,24). The van der Waals surface area contributed by atoms with Gasteiger partial charge in [0.15, 0.2) is 0 Å². The molecule has 1 aromatic rings. The maximum atomic E-state index is 12.0. The third-order valence-corrected chi connectivity index (χ3v) is 5.08. The molecule has 2 amide bonds. The molecule has 0 aromatic heterocycles. The first-order chi connectivity index (χ1) is 12.1. The second kappa shape index (κ2) is 10.4. The summed E-state index contributed by atoms with van der Waals surface area (Å²) in [6.07, 6.45) is 1.99. The lowest BCUT2D eigenvalue weighted by atomic mass is 9.64. The summed E-state index contributed by atoms with van der Waals surface area (Å²) in [4.78, 5) is 23.9. The Labute approximate surface area is 158 Å². The summed E-state index contributed by atoms with van der Waals surface area (Å²) in [5.74, 6) is 0.441. The molecule has 0 atom stereocenters. The van der Waals surface area contributed by atoms with E-state index in [1.165, 1.54) is 0 Å². The second-order valence-corrected chi connectivity index (χ2v) is 7.93. The van der Waals surface area contributed by atoms with Crippen LogP contribution >= 0.6 is 0 Å². The molecule has 0 aliphatic rings. The zero-order valence-electron chi connectivity index (χ0n) is 16.8. The lowest BCUT2D eigenvalue weighted by Crippen LogP contribution is -2.36. The van der Waals surface area contributed by atoms with E-state index < -0.39 is 6.92 Å². The second-order valence-electron chi connectivity index (χ2n) is 7.93. The number of benzene rings is 1. The van der Waals surface area contributed by atoms with Gasteiger partial charge in [-0.25, -0.2) is 0 Å². The zero-order chi connectivity index (χ0) is 19.7. The summed E-state index contributed by atoms with van der Waals surface area (Å²) < 4.78 is 0. The molecule has 1 aromatic carbocycles. The van der Waals surface area contributed by atoms with Crippen molar-refractivity contribution in [2.45, 2.75) is 53.8 Å². The van der Waals surface area contributed by atoms with Crippen LogP contribution in [-0.4, -0.2) is 36.8 Å². The topological polar surface area (TPSA) is 78.4 Å². The lowest BCUT2D eigenvalue weighted by molar-refractivity contribution is -0.121. The van der Waals surface area contributed by atoms with E-state index in [4.69, 9.17) is 0 Å². The third-order valence-electron chi connectivity index (χ3n) is 5.08. The normalized spacial score (nSPS) is 11.3. The van der Waals surface area contributed by atoms with Gasteiger partial charge in [-0.2, -0.15) is 0 Å². The number of carbonyl (C=O) groups is 2. The molecule has 0 saturated carbocycles. The van der Waals surface area contributed by atoms with Crippen LogP contribution in [0.3, 0.4) is 0 Å². The molecule has 0 fully saturated rings. The number of carbonyl (C=O) groups excluding carboxylic acids is 2. The summed E-state index contributed by atoms with van der Waals surface area (Å²) in [6.45, 7) is 11.0. The lowest BCUT2D eigenvalue weighted by Gasteiger charge is -2.29. The number of hydrogen-bond donors (Lipinski definition) is 3. The quantitative estimate of drug-likeness (QED) is 0.442. The predicted molar refractivity (Wildman–Crippen MR) is 108 cm³/mol. The van der Waals surface area contributed by atoms with Crippen LogP contribution < -0.4 is 16.1 Å². The first-order valence-corrected chi connectivity index (χ1v) is 9.46. The van der Waals surface area contributed by atoms with Gasteiger partial charge in [-0.1, -0.05) is 46.7 Å². The van der Waals surface area contributed by atoms with Gasteiger partial charge < -0.3 is 15.7 Å². The highest BCUT2D eigenvalue weighted by Gasteiger charge is 2.22. The molecule has 5 nitrogen and oxygen atoms in total. The molecule has 0 spiro atoms. The fourth-order valence-electron chi connectivity index (χ4n) is 2.25. The smallest absolute Gasteiger partial charge is 0.320 e. The molecular weight excluding hydrogens is 327 g/mol. The summed E-state index contributed by atoms with van der Waals surface area (Å²) in [7, 11) is 0. The average Bonchev–Trinajstić information content (AvgIpc) is 2.59. The summed E-state index contributed by atoms with van der Waals surface area (Å²) >= 11 is 0. The van der Waals surface area contributed by atoms with Crippen molar-refractivity contribution in [1.82, 2.24) is 10.6 Å². The maximum absolute atomic E-state index is 12.0. The average molecular weight is 360 g/mol. The van der Waals surface area contributed by atoms with E-state index in [2.05, 4.69) is 38.3 Å². The number of nitrogens with one attached hydrogen (secondary N) is 2. The van der Waals surface area contributed by atoms with Crippen LogP contribution in [0, 0.1) is 11.3 Å². The molecule has 144 valence electrons. The molecule has 0 aliphatic carbocycles. The Morgan fingerprint density at radius 2 is 1.73 bits per heavy atom. The number of rotatable bonds is 10. The van der Waals surface area contributed by atoms with Gasteiger partial charge >= 0.3 is 6.92 Å². The fourth-order valence-corrected chi connectivity index (χ4v) is 2.25. The van der Waals surface area contributed by atoms with E-state index >= 15 is 0 Å². The van der Waals surface area contributed by atoms with E-state index in [0.29, 0.717) is 31.0 Å². The molecular formula is C20H33BN2O3. The molecule has 0 unspecified atom stereocenters. The Bertz CT molecular complexity index is 583. The van der Waals surface area contributed by atoms with Crippen LogP contribution in [0.4, 0.5) is 0 Å². The molecule has 0 aliphatic heterocycles. The van der Waals surface area contributed by atoms with Crippen LogP contribution in [-0.2, 0) is 4.79 Å². The van der Waals surface area contributed by atoms with Crippen LogP contribution in [0.2, 0.25) is 6.82 Å². The minimum atomic E-state index is -0.538. The summed E-state index contributed by atoms with van der Waals surface area (Å²) in [5, 5.41) is 15.3. The van der Waals surface area contributed by atoms with Crippen LogP contribution in [0.1, 0.15) is 57.3 Å². The van der Waals surface area contributed by atoms with Crippen LogP contribution in [0.5, 0.6) is 0 Å². The Morgan fingerprint density at radius 3 is 2.27 bits per heavy atom. The molecule has 26 heavy (non-hydrogen) atoms. The van der Waals surface area contributed by atoms with Gasteiger partial charge in [0.1, 0.15) is 0 Å². The first kappa shape index (κ1) is 22.2. The first-order valence-electron chi connectivity index (χ1n) is 9.46. The number of amides is 2. The Balaban J connectivity index is 2.22. The van der Waals surface area contributed by atoms with Crippen molar-refractivity contribution < 1.29 is 14.6 Å². The van der Waals surface area contributed by atoms with Crippen LogP contribution in [0.15, 0.2) is 24.3 Å². The minimum Gasteiger partial charge on any atom is -0.447 e. The molecule has 0 saturated heterocycles. The summed E-state index contributed by atoms with van der Waals surface area (Å²) in [6, 6.07) is 6.92. The Kier molecular flexibility index (Phi) is 8.86. The molecule has 0 radical (unpaired) electrons. The Hall–Kier alpha value is -1.82.